The Morgan fingerprint density at radius 1 is 0.941 bits per heavy atom. The molecule has 1 nitrogen and oxygen atoms in total. The number of rotatable bonds is 0. The lowest BCUT2D eigenvalue weighted by Crippen LogP contribution is -2.07. The van der Waals surface area contributed by atoms with Gasteiger partial charge >= 0.3 is 0 Å². The van der Waals surface area contributed by atoms with Crippen LogP contribution in [0.2, 0.25) is 0 Å². The predicted molar refractivity (Wildman–Crippen MR) is 71.4 cm³/mol. The molecule has 2 unspecified atom stereocenters. The normalized spacial score (nSPS) is 23.6. The Labute approximate surface area is 102 Å². The number of benzene rings is 2. The van der Waals surface area contributed by atoms with E-state index in [4.69, 9.17) is 4.74 Å². The van der Waals surface area contributed by atoms with Crippen LogP contribution in [0.5, 0.6) is 0 Å². The molecule has 1 heterocycles. The smallest absolute Gasteiger partial charge is 0.139 e. The zero-order chi connectivity index (χ0) is 11.6. The van der Waals surface area contributed by atoms with Crippen molar-refractivity contribution in [3.05, 3.63) is 53.1 Å². The first-order chi connectivity index (χ1) is 8.24. The summed E-state index contributed by atoms with van der Waals surface area (Å²) in [4.78, 5) is 0. The predicted octanol–water partition coefficient (Wildman–Crippen LogP) is 2.05. The van der Waals surface area contributed by atoms with Crippen LogP contribution in [0, 0.1) is 6.92 Å². The number of hydrogen-bond donors (Lipinski definition) is 0. The van der Waals surface area contributed by atoms with E-state index in [-0.39, 0.29) is 0 Å². The molecule has 2 heteroatoms. The van der Waals surface area contributed by atoms with Gasteiger partial charge in [0.25, 0.3) is 0 Å². The fourth-order valence-electron chi connectivity index (χ4n) is 2.90. The van der Waals surface area contributed by atoms with Crippen LogP contribution >= 0.6 is 0 Å². The zero-order valence-electron chi connectivity index (χ0n) is 10.0. The molecule has 2 aliphatic rings. The number of hydrogen-bond acceptors (Lipinski definition) is 1. The van der Waals surface area contributed by atoms with Crippen molar-refractivity contribution in [2.75, 3.05) is 0 Å². The molecule has 2 atom stereocenters. The molecule has 1 fully saturated rings. The first-order valence-electron chi connectivity index (χ1n) is 6.11. The third kappa shape index (κ3) is 1.25. The van der Waals surface area contributed by atoms with Crippen LogP contribution in [0.1, 0.15) is 28.9 Å². The summed E-state index contributed by atoms with van der Waals surface area (Å²) < 4.78 is 5.83. The van der Waals surface area contributed by atoms with E-state index in [9.17, 15) is 0 Å². The Hall–Kier alpha value is -1.54. The van der Waals surface area contributed by atoms with Crippen molar-refractivity contribution in [2.24, 2.45) is 0 Å². The minimum atomic E-state index is 0.305. The van der Waals surface area contributed by atoms with Crippen LogP contribution in [0.4, 0.5) is 0 Å². The molecule has 1 saturated heterocycles. The van der Waals surface area contributed by atoms with Gasteiger partial charge in [0.05, 0.1) is 0 Å². The summed E-state index contributed by atoms with van der Waals surface area (Å²) in [6.07, 6.45) is 0.611. The molecule has 0 aromatic heterocycles. The zero-order valence-corrected chi connectivity index (χ0v) is 10.0. The molecular formula is C15H13BO. The van der Waals surface area contributed by atoms with Gasteiger partial charge in [-0.1, -0.05) is 47.4 Å². The lowest BCUT2D eigenvalue weighted by molar-refractivity contribution is 0.380. The molecule has 2 aromatic carbocycles. The maximum Gasteiger partial charge on any atom is 0.139 e. The third-order valence-electron chi connectivity index (χ3n) is 3.81. The highest BCUT2D eigenvalue weighted by atomic mass is 16.6. The summed E-state index contributed by atoms with van der Waals surface area (Å²) in [6, 6.07) is 13.4. The van der Waals surface area contributed by atoms with Crippen molar-refractivity contribution in [1.82, 2.24) is 0 Å². The van der Waals surface area contributed by atoms with Gasteiger partial charge in [0, 0.05) is 0 Å². The highest BCUT2D eigenvalue weighted by Crippen LogP contribution is 2.59. The second-order valence-electron chi connectivity index (χ2n) is 5.16. The van der Waals surface area contributed by atoms with E-state index in [1.54, 1.807) is 0 Å². The van der Waals surface area contributed by atoms with E-state index in [0.29, 0.717) is 12.2 Å². The maximum atomic E-state index is 5.83. The number of epoxide rings is 1. The molecule has 1 aliphatic heterocycles. The Kier molecular flexibility index (Phi) is 1.69. The quantitative estimate of drug-likeness (QED) is 0.489. The van der Waals surface area contributed by atoms with Crippen molar-refractivity contribution in [3.63, 3.8) is 0 Å². The van der Waals surface area contributed by atoms with Crippen LogP contribution < -0.4 is 5.46 Å². The lowest BCUT2D eigenvalue weighted by atomic mass is 9.82. The molecule has 0 N–H and O–H groups in total. The largest absolute Gasteiger partial charge is 0.359 e. The maximum absolute atomic E-state index is 5.83. The van der Waals surface area contributed by atoms with Crippen molar-refractivity contribution in [3.8, 4) is 11.1 Å². The molecule has 82 valence electrons. The van der Waals surface area contributed by atoms with Gasteiger partial charge in [-0.3, -0.25) is 0 Å². The second kappa shape index (κ2) is 3.02. The monoisotopic (exact) mass is 220 g/mol. The van der Waals surface area contributed by atoms with Gasteiger partial charge < -0.3 is 4.74 Å². The molecule has 0 amide bonds. The third-order valence-corrected chi connectivity index (χ3v) is 3.81. The van der Waals surface area contributed by atoms with Gasteiger partial charge in [-0.2, -0.15) is 0 Å². The molecule has 0 radical (unpaired) electrons. The molecular weight excluding hydrogens is 207 g/mol. The van der Waals surface area contributed by atoms with Crippen LogP contribution in [0.3, 0.4) is 0 Å². The fraction of sp³-hybridized carbons (Fsp3) is 0.200. The molecule has 0 bridgehead atoms. The number of aryl methyl sites for hydroxylation is 1. The Balaban J connectivity index is 2.04. The van der Waals surface area contributed by atoms with Crippen molar-refractivity contribution < 1.29 is 4.74 Å². The first-order valence-corrected chi connectivity index (χ1v) is 6.11. The van der Waals surface area contributed by atoms with E-state index < -0.39 is 0 Å². The van der Waals surface area contributed by atoms with Crippen LogP contribution in [0.15, 0.2) is 36.4 Å². The van der Waals surface area contributed by atoms with Gasteiger partial charge in [-0.05, 0) is 29.2 Å². The summed E-state index contributed by atoms with van der Waals surface area (Å²) in [5, 5.41) is 0. The number of ether oxygens (including phenoxy) is 1. The van der Waals surface area contributed by atoms with E-state index in [1.165, 1.54) is 33.3 Å². The molecule has 0 spiro atoms. The van der Waals surface area contributed by atoms with E-state index in [0.717, 1.165) is 0 Å². The van der Waals surface area contributed by atoms with E-state index in [1.807, 2.05) is 0 Å². The highest BCUT2D eigenvalue weighted by molar-refractivity contribution is 6.32. The first kappa shape index (κ1) is 9.49. The van der Waals surface area contributed by atoms with Crippen molar-refractivity contribution in [1.29, 1.82) is 0 Å². The lowest BCUT2D eigenvalue weighted by Gasteiger charge is -2.17. The van der Waals surface area contributed by atoms with Crippen LogP contribution in [-0.2, 0) is 4.74 Å². The van der Waals surface area contributed by atoms with Crippen molar-refractivity contribution in [2.45, 2.75) is 19.1 Å². The summed E-state index contributed by atoms with van der Waals surface area (Å²) in [5.41, 5.74) is 8.07. The molecule has 1 aliphatic carbocycles. The Bertz CT molecular complexity index is 633. The fourth-order valence-corrected chi connectivity index (χ4v) is 2.90. The summed E-state index contributed by atoms with van der Waals surface area (Å²) >= 11 is 0. The Morgan fingerprint density at radius 2 is 1.76 bits per heavy atom. The standard InChI is InChI=1S/C15H13BO/c1-8-2-4-11-12(6-8)10-5-3-9(16)7-13(10)15-14(11)17-15/h2-7,14-15H,16H2,1H3. The van der Waals surface area contributed by atoms with Gasteiger partial charge in [0.1, 0.15) is 20.1 Å². The molecule has 2 aromatic rings. The van der Waals surface area contributed by atoms with Gasteiger partial charge in [0.15, 0.2) is 0 Å². The molecule has 4 rings (SSSR count). The van der Waals surface area contributed by atoms with E-state index >= 15 is 0 Å². The van der Waals surface area contributed by atoms with Gasteiger partial charge in [-0.25, -0.2) is 0 Å². The minimum Gasteiger partial charge on any atom is -0.359 e. The average Bonchev–Trinajstić information content (AvgIpc) is 3.09. The number of fused-ring (bicyclic) bond motifs is 6. The van der Waals surface area contributed by atoms with Gasteiger partial charge in [0.2, 0.25) is 0 Å². The average molecular weight is 220 g/mol. The highest BCUT2D eigenvalue weighted by Gasteiger charge is 2.47. The van der Waals surface area contributed by atoms with E-state index in [2.05, 4.69) is 51.2 Å². The van der Waals surface area contributed by atoms with Gasteiger partial charge in [-0.15, -0.1) is 0 Å². The van der Waals surface area contributed by atoms with Crippen molar-refractivity contribution >= 4 is 13.3 Å². The van der Waals surface area contributed by atoms with Crippen LogP contribution in [0.25, 0.3) is 11.1 Å². The summed E-state index contributed by atoms with van der Waals surface area (Å²) in [5.74, 6) is 0. The van der Waals surface area contributed by atoms with Crippen LogP contribution in [-0.4, -0.2) is 7.85 Å². The molecule has 17 heavy (non-hydrogen) atoms. The molecule has 0 saturated carbocycles. The minimum absolute atomic E-state index is 0.305. The summed E-state index contributed by atoms with van der Waals surface area (Å²) in [6.45, 7) is 2.15. The second-order valence-corrected chi connectivity index (χ2v) is 5.16. The topological polar surface area (TPSA) is 12.5 Å². The Morgan fingerprint density at radius 3 is 2.65 bits per heavy atom. The SMILES string of the molecule is Bc1ccc2c(c1)C1OC1c1ccc(C)cc1-2. The summed E-state index contributed by atoms with van der Waals surface area (Å²) in [7, 11) is 2.14.